The van der Waals surface area contributed by atoms with Crippen LogP contribution in [0.5, 0.6) is 0 Å². The lowest BCUT2D eigenvalue weighted by Crippen LogP contribution is -2.54. The molecule has 1 fully saturated rings. The maximum Gasteiger partial charge on any atom is 0.340 e. The molecule has 0 saturated carbocycles. The topological polar surface area (TPSA) is 113 Å². The number of esters is 2. The van der Waals surface area contributed by atoms with Crippen molar-refractivity contribution in [3.05, 3.63) is 11.6 Å². The van der Waals surface area contributed by atoms with Gasteiger partial charge >= 0.3 is 11.9 Å². The SMILES string of the molecule is CC(Cl)C1(O)C[C@H](C)[C@](C)(O)C(=O)OC/C2=C/CN(C)CC[C@H](OC1=O)C2=O. The second kappa shape index (κ2) is 8.49. The molecule has 0 spiro atoms. The van der Waals surface area contributed by atoms with Crippen LogP contribution in [-0.2, 0) is 23.9 Å². The second-order valence-electron chi connectivity index (χ2n) is 7.91. The molecule has 2 heterocycles. The smallest absolute Gasteiger partial charge is 0.340 e. The van der Waals surface area contributed by atoms with Crippen LogP contribution in [0, 0.1) is 5.92 Å². The van der Waals surface area contributed by atoms with Crippen molar-refractivity contribution in [3.63, 3.8) is 0 Å². The van der Waals surface area contributed by atoms with Crippen molar-refractivity contribution in [2.75, 3.05) is 26.7 Å². The van der Waals surface area contributed by atoms with Gasteiger partial charge in [0.05, 0.1) is 5.38 Å². The Labute approximate surface area is 169 Å². The summed E-state index contributed by atoms with van der Waals surface area (Å²) in [5, 5.41) is 20.5. The van der Waals surface area contributed by atoms with Gasteiger partial charge in [0.25, 0.3) is 0 Å². The van der Waals surface area contributed by atoms with Crippen LogP contribution in [0.15, 0.2) is 11.6 Å². The third-order valence-corrected chi connectivity index (χ3v) is 6.00. The predicted octanol–water partition coefficient (Wildman–Crippen LogP) is 0.422. The van der Waals surface area contributed by atoms with E-state index in [-0.39, 0.29) is 25.0 Å². The number of nitrogens with zero attached hydrogens (tertiary/aromatic N) is 1. The zero-order valence-corrected chi connectivity index (χ0v) is 17.4. The van der Waals surface area contributed by atoms with Crippen molar-refractivity contribution in [1.29, 1.82) is 0 Å². The lowest BCUT2D eigenvalue weighted by Gasteiger charge is -2.37. The van der Waals surface area contributed by atoms with Gasteiger partial charge in [-0.25, -0.2) is 9.59 Å². The molecule has 0 aromatic carbocycles. The largest absolute Gasteiger partial charge is 0.459 e. The summed E-state index contributed by atoms with van der Waals surface area (Å²) in [7, 11) is 1.83. The molecule has 0 aromatic rings. The quantitative estimate of drug-likeness (QED) is 0.466. The van der Waals surface area contributed by atoms with Gasteiger partial charge in [-0.2, -0.15) is 0 Å². The van der Waals surface area contributed by atoms with Gasteiger partial charge in [0.15, 0.2) is 17.3 Å². The zero-order valence-electron chi connectivity index (χ0n) is 16.6. The highest BCUT2D eigenvalue weighted by Gasteiger charge is 2.50. The number of ether oxygens (including phenoxy) is 2. The van der Waals surface area contributed by atoms with E-state index in [2.05, 4.69) is 0 Å². The fourth-order valence-corrected chi connectivity index (χ4v) is 3.35. The lowest BCUT2D eigenvalue weighted by atomic mass is 9.79. The Hall–Kier alpha value is -1.48. The number of likely N-dealkylation sites (N-methyl/N-ethyl adjacent to an activating group) is 1. The molecule has 2 rings (SSSR count). The predicted molar refractivity (Wildman–Crippen MR) is 101 cm³/mol. The average molecular weight is 418 g/mol. The highest BCUT2D eigenvalue weighted by atomic mass is 35.5. The Morgan fingerprint density at radius 1 is 1.29 bits per heavy atom. The van der Waals surface area contributed by atoms with E-state index < -0.39 is 46.3 Å². The average Bonchev–Trinajstić information content (AvgIpc) is 2.61. The standard InChI is InChI=1S/C19H28ClNO7/c1-11-9-19(26,12(2)20)17(24)28-14-6-8-21(4)7-5-13(15(14)22)10-27-16(23)18(11,3)25/h5,11-12,14,25-26H,6-10H2,1-4H3/b13-5-/t11-,12?,14-,18-,19?/m0/s1. The van der Waals surface area contributed by atoms with E-state index in [1.54, 1.807) is 6.08 Å². The van der Waals surface area contributed by atoms with E-state index >= 15 is 0 Å². The van der Waals surface area contributed by atoms with E-state index in [9.17, 15) is 24.6 Å². The van der Waals surface area contributed by atoms with Crippen LogP contribution < -0.4 is 0 Å². The number of alkyl halides is 1. The van der Waals surface area contributed by atoms with Crippen molar-refractivity contribution >= 4 is 29.3 Å². The molecule has 0 aliphatic carbocycles. The maximum atomic E-state index is 12.8. The summed E-state index contributed by atoms with van der Waals surface area (Å²) < 4.78 is 10.6. The first-order chi connectivity index (χ1) is 12.9. The van der Waals surface area contributed by atoms with Crippen LogP contribution in [0.3, 0.4) is 0 Å². The highest BCUT2D eigenvalue weighted by Crippen LogP contribution is 2.33. The van der Waals surface area contributed by atoms with E-state index in [4.69, 9.17) is 21.1 Å². The summed E-state index contributed by atoms with van der Waals surface area (Å²) >= 11 is 6.08. The monoisotopic (exact) mass is 417 g/mol. The van der Waals surface area contributed by atoms with Gasteiger partial charge in [0.2, 0.25) is 5.78 Å². The molecule has 0 amide bonds. The number of hydrogen-bond donors (Lipinski definition) is 2. The van der Waals surface area contributed by atoms with E-state index in [0.29, 0.717) is 13.1 Å². The van der Waals surface area contributed by atoms with Crippen molar-refractivity contribution < 1.29 is 34.1 Å². The minimum absolute atomic E-state index is 0.171. The summed E-state index contributed by atoms with van der Waals surface area (Å²) in [6.45, 7) is 4.76. The molecule has 2 aliphatic rings. The molecular formula is C19H28ClNO7. The molecule has 2 N–H and O–H groups in total. The number of fused-ring (bicyclic) bond motifs is 2. The number of hydrogen-bond acceptors (Lipinski definition) is 8. The normalized spacial score (nSPS) is 39.2. The van der Waals surface area contributed by atoms with Crippen LogP contribution in [0.25, 0.3) is 0 Å². The first-order valence-electron chi connectivity index (χ1n) is 9.28. The van der Waals surface area contributed by atoms with Crippen molar-refractivity contribution in [3.8, 4) is 0 Å². The summed E-state index contributed by atoms with van der Waals surface area (Å²) in [6.07, 6.45) is 0.363. The number of ketones is 1. The molecular weight excluding hydrogens is 390 g/mol. The molecule has 2 bridgehead atoms. The number of cyclic esters (lactones) is 1. The Morgan fingerprint density at radius 2 is 1.93 bits per heavy atom. The van der Waals surface area contributed by atoms with Crippen LogP contribution >= 0.6 is 11.6 Å². The molecule has 8 nitrogen and oxygen atoms in total. The number of halogens is 1. The van der Waals surface area contributed by atoms with E-state index in [1.807, 2.05) is 11.9 Å². The third-order valence-electron chi connectivity index (χ3n) is 5.64. The molecule has 2 unspecified atom stereocenters. The van der Waals surface area contributed by atoms with E-state index in [0.717, 1.165) is 0 Å². The summed E-state index contributed by atoms with van der Waals surface area (Å²) in [5.74, 6) is -3.36. The third kappa shape index (κ3) is 4.56. The van der Waals surface area contributed by atoms with Gasteiger partial charge in [-0.3, -0.25) is 4.79 Å². The molecule has 0 aromatic heterocycles. The molecule has 0 radical (unpaired) electrons. The van der Waals surface area contributed by atoms with Crippen molar-refractivity contribution in [1.82, 2.24) is 4.90 Å². The second-order valence-corrected chi connectivity index (χ2v) is 8.56. The van der Waals surface area contributed by atoms with Gasteiger partial charge in [-0.1, -0.05) is 13.0 Å². The first kappa shape index (κ1) is 22.8. The minimum atomic E-state index is -2.19. The fraction of sp³-hybridized carbons (Fsp3) is 0.737. The zero-order chi connectivity index (χ0) is 21.3. The van der Waals surface area contributed by atoms with Crippen LogP contribution in [0.1, 0.15) is 33.6 Å². The summed E-state index contributed by atoms with van der Waals surface area (Å²) in [6, 6.07) is 0. The maximum absolute atomic E-state index is 12.8. The lowest BCUT2D eigenvalue weighted by molar-refractivity contribution is -0.183. The van der Waals surface area contributed by atoms with Gasteiger partial charge in [0, 0.05) is 25.1 Å². The fourth-order valence-electron chi connectivity index (χ4n) is 3.17. The van der Waals surface area contributed by atoms with Crippen LogP contribution in [-0.4, -0.2) is 82.3 Å². The molecule has 2 aliphatic heterocycles. The van der Waals surface area contributed by atoms with Gasteiger partial charge in [-0.05, 0) is 33.2 Å². The van der Waals surface area contributed by atoms with Gasteiger partial charge < -0.3 is 24.6 Å². The van der Waals surface area contributed by atoms with Crippen molar-refractivity contribution in [2.24, 2.45) is 5.92 Å². The van der Waals surface area contributed by atoms with Crippen LogP contribution in [0.4, 0.5) is 0 Å². The Bertz CT molecular complexity index is 675. The van der Waals surface area contributed by atoms with Gasteiger partial charge in [0.1, 0.15) is 6.61 Å². The Kier molecular flexibility index (Phi) is 6.91. The minimum Gasteiger partial charge on any atom is -0.459 e. The van der Waals surface area contributed by atoms with Crippen molar-refractivity contribution in [2.45, 2.75) is 56.3 Å². The molecule has 9 heteroatoms. The Morgan fingerprint density at radius 3 is 2.54 bits per heavy atom. The van der Waals surface area contributed by atoms with Crippen LogP contribution in [0.2, 0.25) is 0 Å². The summed E-state index contributed by atoms with van der Waals surface area (Å²) in [5.41, 5.74) is -4.02. The number of carbonyl (C=O) groups is 3. The number of aliphatic hydroxyl groups is 2. The number of Topliss-reactive ketones (excluding diaryl/α,β-unsaturated/α-hetero) is 1. The molecule has 158 valence electrons. The molecule has 1 saturated heterocycles. The summed E-state index contributed by atoms with van der Waals surface area (Å²) in [4.78, 5) is 40.0. The number of rotatable bonds is 1. The Balaban J connectivity index is 2.50. The molecule has 5 atom stereocenters. The van der Waals surface area contributed by atoms with E-state index in [1.165, 1.54) is 20.8 Å². The molecule has 28 heavy (non-hydrogen) atoms. The first-order valence-corrected chi connectivity index (χ1v) is 9.72. The number of carbonyl (C=O) groups excluding carboxylic acids is 3. The van der Waals surface area contributed by atoms with Gasteiger partial charge in [-0.15, -0.1) is 11.6 Å². The highest BCUT2D eigenvalue weighted by molar-refractivity contribution is 6.23.